The number of aliphatic hydroxyl groups excluding tert-OH is 1. The maximum absolute atomic E-state index is 9.46. The van der Waals surface area contributed by atoms with Crippen molar-refractivity contribution < 1.29 is 9.84 Å². The van der Waals surface area contributed by atoms with Gasteiger partial charge in [-0.25, -0.2) is 0 Å². The molecular weight excluding hydrogens is 184 g/mol. The molecule has 6 heteroatoms. The van der Waals surface area contributed by atoms with Gasteiger partial charge in [-0.3, -0.25) is 0 Å². The quantitative estimate of drug-likeness (QED) is 0.629. The number of aryl methyl sites for hydroxylation is 1. The number of nitrogens with zero attached hydrogens (tertiary/aromatic N) is 3. The maximum Gasteiger partial charge on any atom is 0.146 e. The first kappa shape index (κ1) is 9.57. The van der Waals surface area contributed by atoms with Crippen LogP contribution in [0, 0.1) is 0 Å². The molecule has 2 unspecified atom stereocenters. The van der Waals surface area contributed by atoms with Crippen LogP contribution in [0.3, 0.4) is 0 Å². The molecule has 78 valence electrons. The van der Waals surface area contributed by atoms with Crippen molar-refractivity contribution >= 4 is 0 Å². The Hall–Kier alpha value is -0.980. The molecule has 0 aliphatic carbocycles. The fourth-order valence-electron chi connectivity index (χ4n) is 1.43. The molecule has 0 saturated carbocycles. The Bertz CT molecular complexity index is 301. The van der Waals surface area contributed by atoms with Crippen LogP contribution in [0.2, 0.25) is 0 Å². The van der Waals surface area contributed by atoms with Gasteiger partial charge in [-0.05, 0) is 0 Å². The summed E-state index contributed by atoms with van der Waals surface area (Å²) in [6.07, 6.45) is 1.24. The molecule has 0 aromatic carbocycles. The number of nitrogens with one attached hydrogen (secondary N) is 1. The van der Waals surface area contributed by atoms with Crippen LogP contribution in [0.4, 0.5) is 0 Å². The van der Waals surface area contributed by atoms with Crippen LogP contribution in [0.15, 0.2) is 6.33 Å². The fraction of sp³-hybridized carbons (Fsp3) is 0.750. The zero-order chi connectivity index (χ0) is 9.97. The topological polar surface area (TPSA) is 72.2 Å². The standard InChI is InChI=1S/C8H14N4O2/c1-12-5-10-11-8(12)2-9-6-3-14-4-7(6)13/h5-7,9,13H,2-4H2,1H3. The van der Waals surface area contributed by atoms with E-state index in [-0.39, 0.29) is 6.04 Å². The SMILES string of the molecule is Cn1cnnc1CNC1COCC1O. The van der Waals surface area contributed by atoms with E-state index in [9.17, 15) is 5.11 Å². The molecule has 2 N–H and O–H groups in total. The summed E-state index contributed by atoms with van der Waals surface area (Å²) in [5.41, 5.74) is 0. The summed E-state index contributed by atoms with van der Waals surface area (Å²) in [7, 11) is 1.89. The van der Waals surface area contributed by atoms with Crippen LogP contribution in [0.5, 0.6) is 0 Å². The predicted octanol–water partition coefficient (Wildman–Crippen LogP) is -1.34. The minimum atomic E-state index is -0.414. The molecule has 2 atom stereocenters. The molecule has 6 nitrogen and oxygen atoms in total. The van der Waals surface area contributed by atoms with E-state index in [0.717, 1.165) is 5.82 Å². The zero-order valence-electron chi connectivity index (χ0n) is 8.05. The van der Waals surface area contributed by atoms with Gasteiger partial charge in [-0.1, -0.05) is 0 Å². The van der Waals surface area contributed by atoms with Crippen LogP contribution in [-0.4, -0.2) is 45.2 Å². The third kappa shape index (κ3) is 1.92. The lowest BCUT2D eigenvalue weighted by Gasteiger charge is -2.13. The zero-order valence-corrected chi connectivity index (χ0v) is 8.05. The van der Waals surface area contributed by atoms with E-state index < -0.39 is 6.10 Å². The predicted molar refractivity (Wildman–Crippen MR) is 48.5 cm³/mol. The van der Waals surface area contributed by atoms with Gasteiger partial charge in [0.25, 0.3) is 0 Å². The highest BCUT2D eigenvalue weighted by Crippen LogP contribution is 2.05. The number of aromatic nitrogens is 3. The average molecular weight is 198 g/mol. The van der Waals surface area contributed by atoms with Crippen molar-refractivity contribution in [3.63, 3.8) is 0 Å². The van der Waals surface area contributed by atoms with Crippen LogP contribution in [-0.2, 0) is 18.3 Å². The van der Waals surface area contributed by atoms with Gasteiger partial charge >= 0.3 is 0 Å². The van der Waals surface area contributed by atoms with Crippen LogP contribution in [0.1, 0.15) is 5.82 Å². The lowest BCUT2D eigenvalue weighted by Crippen LogP contribution is -2.38. The van der Waals surface area contributed by atoms with Gasteiger partial charge in [0.1, 0.15) is 12.2 Å². The van der Waals surface area contributed by atoms with Crippen LogP contribution < -0.4 is 5.32 Å². The van der Waals surface area contributed by atoms with Gasteiger partial charge in [0.2, 0.25) is 0 Å². The monoisotopic (exact) mass is 198 g/mol. The number of rotatable bonds is 3. The molecule has 0 spiro atoms. The van der Waals surface area contributed by atoms with E-state index >= 15 is 0 Å². The van der Waals surface area contributed by atoms with E-state index in [2.05, 4.69) is 15.5 Å². The smallest absolute Gasteiger partial charge is 0.146 e. The Morgan fingerprint density at radius 3 is 3.14 bits per heavy atom. The van der Waals surface area contributed by atoms with Crippen molar-refractivity contribution in [2.24, 2.45) is 7.05 Å². The van der Waals surface area contributed by atoms with E-state index in [1.807, 2.05) is 11.6 Å². The first-order valence-corrected chi connectivity index (χ1v) is 4.59. The molecule has 1 aromatic heterocycles. The van der Waals surface area contributed by atoms with Gasteiger partial charge in [0, 0.05) is 7.05 Å². The fourth-order valence-corrected chi connectivity index (χ4v) is 1.43. The number of ether oxygens (including phenoxy) is 1. The molecule has 2 heterocycles. The molecule has 2 rings (SSSR count). The van der Waals surface area contributed by atoms with Gasteiger partial charge in [-0.2, -0.15) is 0 Å². The van der Waals surface area contributed by atoms with Crippen molar-refractivity contribution in [1.82, 2.24) is 20.1 Å². The summed E-state index contributed by atoms with van der Waals surface area (Å²) in [6, 6.07) is 0.00620. The van der Waals surface area contributed by atoms with E-state index in [4.69, 9.17) is 4.74 Å². The van der Waals surface area contributed by atoms with E-state index in [0.29, 0.717) is 19.8 Å². The van der Waals surface area contributed by atoms with Crippen LogP contribution in [0.25, 0.3) is 0 Å². The van der Waals surface area contributed by atoms with Crippen molar-refractivity contribution in [2.45, 2.75) is 18.7 Å². The molecular formula is C8H14N4O2. The summed E-state index contributed by atoms with van der Waals surface area (Å²) in [4.78, 5) is 0. The first-order chi connectivity index (χ1) is 6.77. The third-order valence-corrected chi connectivity index (χ3v) is 2.38. The normalized spacial score (nSPS) is 27.0. The average Bonchev–Trinajstić information content (AvgIpc) is 2.72. The lowest BCUT2D eigenvalue weighted by atomic mass is 10.2. The van der Waals surface area contributed by atoms with E-state index in [1.54, 1.807) is 6.33 Å². The summed E-state index contributed by atoms with van der Waals surface area (Å²) in [5, 5.41) is 20.3. The molecule has 1 aromatic rings. The largest absolute Gasteiger partial charge is 0.389 e. The number of hydrogen-bond acceptors (Lipinski definition) is 5. The molecule has 14 heavy (non-hydrogen) atoms. The Morgan fingerprint density at radius 2 is 2.57 bits per heavy atom. The summed E-state index contributed by atoms with van der Waals surface area (Å²) < 4.78 is 6.96. The summed E-state index contributed by atoms with van der Waals surface area (Å²) in [5.74, 6) is 0.851. The van der Waals surface area contributed by atoms with Gasteiger partial charge in [0.15, 0.2) is 0 Å². The minimum absolute atomic E-state index is 0.00620. The number of hydrogen-bond donors (Lipinski definition) is 2. The van der Waals surface area contributed by atoms with Gasteiger partial charge in [0.05, 0.1) is 31.9 Å². The summed E-state index contributed by atoms with van der Waals surface area (Å²) in [6.45, 7) is 1.57. The molecule has 0 radical (unpaired) electrons. The molecule has 0 bridgehead atoms. The first-order valence-electron chi connectivity index (χ1n) is 4.59. The number of aliphatic hydroxyl groups is 1. The second kappa shape index (κ2) is 4.04. The molecule has 1 saturated heterocycles. The van der Waals surface area contributed by atoms with Crippen molar-refractivity contribution in [1.29, 1.82) is 0 Å². The molecule has 1 aliphatic heterocycles. The second-order valence-electron chi connectivity index (χ2n) is 3.45. The molecule has 0 amide bonds. The third-order valence-electron chi connectivity index (χ3n) is 2.38. The highest BCUT2D eigenvalue weighted by molar-refractivity contribution is 4.87. The van der Waals surface area contributed by atoms with Crippen molar-refractivity contribution in [2.75, 3.05) is 13.2 Å². The van der Waals surface area contributed by atoms with Crippen LogP contribution >= 0.6 is 0 Å². The Morgan fingerprint density at radius 1 is 1.71 bits per heavy atom. The molecule has 1 fully saturated rings. The van der Waals surface area contributed by atoms with E-state index in [1.165, 1.54) is 0 Å². The van der Waals surface area contributed by atoms with Gasteiger partial charge < -0.3 is 19.7 Å². The highest BCUT2D eigenvalue weighted by Gasteiger charge is 2.25. The molecule has 1 aliphatic rings. The second-order valence-corrected chi connectivity index (χ2v) is 3.45. The lowest BCUT2D eigenvalue weighted by molar-refractivity contribution is 0.122. The van der Waals surface area contributed by atoms with Gasteiger partial charge in [-0.15, -0.1) is 10.2 Å². The Kier molecular flexibility index (Phi) is 2.76. The summed E-state index contributed by atoms with van der Waals surface area (Å²) >= 11 is 0. The maximum atomic E-state index is 9.46. The Balaban J connectivity index is 1.85. The minimum Gasteiger partial charge on any atom is -0.389 e. The van der Waals surface area contributed by atoms with Crippen molar-refractivity contribution in [3.05, 3.63) is 12.2 Å². The van der Waals surface area contributed by atoms with Crippen molar-refractivity contribution in [3.8, 4) is 0 Å². The highest BCUT2D eigenvalue weighted by atomic mass is 16.5. The Labute approximate surface area is 81.9 Å².